The second-order valence-corrected chi connectivity index (χ2v) is 3.51. The predicted molar refractivity (Wildman–Crippen MR) is 60.7 cm³/mol. The monoisotopic (exact) mass is 238 g/mol. The fraction of sp³-hybridized carbons (Fsp3) is 0.273. The van der Waals surface area contributed by atoms with Crippen molar-refractivity contribution in [2.24, 2.45) is 0 Å². The van der Waals surface area contributed by atoms with Crippen LogP contribution in [0, 0.1) is 0 Å². The first-order valence-electron chi connectivity index (χ1n) is 5.04. The number of carbonyl (C=O) groups is 2. The summed E-state index contributed by atoms with van der Waals surface area (Å²) in [5.41, 5.74) is 0.580. The summed E-state index contributed by atoms with van der Waals surface area (Å²) in [6.07, 6.45) is -1.25. The van der Waals surface area contributed by atoms with Crippen LogP contribution >= 0.6 is 0 Å². The van der Waals surface area contributed by atoms with E-state index < -0.39 is 12.0 Å². The van der Waals surface area contributed by atoms with Gasteiger partial charge >= 0.3 is 6.09 Å². The molecule has 1 rings (SSSR count). The van der Waals surface area contributed by atoms with Gasteiger partial charge in [0.1, 0.15) is 12.3 Å². The number of phenolic OH excluding ortho intramolecular Hbond substituents is 1. The zero-order chi connectivity index (χ0) is 12.8. The van der Waals surface area contributed by atoms with Gasteiger partial charge in [-0.15, -0.1) is 0 Å². The van der Waals surface area contributed by atoms with Gasteiger partial charge in [-0.1, -0.05) is 18.2 Å². The van der Waals surface area contributed by atoms with Crippen molar-refractivity contribution in [3.05, 3.63) is 29.8 Å². The van der Waals surface area contributed by atoms with Gasteiger partial charge in [-0.05, 0) is 13.0 Å². The van der Waals surface area contributed by atoms with Gasteiger partial charge in [0.05, 0.1) is 6.04 Å². The molecule has 1 aromatic carbocycles. The van der Waals surface area contributed by atoms with Crippen LogP contribution in [0.25, 0.3) is 0 Å². The molecule has 0 spiro atoms. The molecule has 0 aliphatic carbocycles. The second kappa shape index (κ2) is 5.74. The zero-order valence-electron chi connectivity index (χ0n) is 9.30. The number of amides is 2. The smallest absolute Gasteiger partial charge is 0.405 e. The topological polar surface area (TPSA) is 98.7 Å². The lowest BCUT2D eigenvalue weighted by molar-refractivity contribution is -0.120. The third-order valence-electron chi connectivity index (χ3n) is 2.18. The summed E-state index contributed by atoms with van der Waals surface area (Å²) in [5, 5.41) is 22.4. The Morgan fingerprint density at radius 3 is 2.59 bits per heavy atom. The minimum Gasteiger partial charge on any atom is -0.508 e. The maximum Gasteiger partial charge on any atom is 0.405 e. The van der Waals surface area contributed by atoms with Gasteiger partial charge in [-0.3, -0.25) is 4.79 Å². The van der Waals surface area contributed by atoms with E-state index in [9.17, 15) is 14.7 Å². The minimum absolute atomic E-state index is 0.0893. The van der Waals surface area contributed by atoms with Crippen molar-refractivity contribution in [1.82, 2.24) is 10.6 Å². The standard InChI is InChI=1S/C11H14N2O4/c1-7(8-4-2-3-5-9(8)14)13-10(15)6-12-11(16)17/h2-5,7,12,14H,6H2,1H3,(H,13,15)(H,16,17)/t7-/m0/s1. The van der Waals surface area contributed by atoms with Crippen LogP contribution in [-0.2, 0) is 4.79 Å². The van der Waals surface area contributed by atoms with Gasteiger partial charge in [0, 0.05) is 5.56 Å². The predicted octanol–water partition coefficient (Wildman–Crippen LogP) is 0.837. The van der Waals surface area contributed by atoms with Gasteiger partial charge < -0.3 is 20.8 Å². The Labute approximate surface area is 98.3 Å². The number of para-hydroxylation sites is 1. The van der Waals surface area contributed by atoms with E-state index in [0.29, 0.717) is 5.56 Å². The van der Waals surface area contributed by atoms with Crippen molar-refractivity contribution < 1.29 is 19.8 Å². The Morgan fingerprint density at radius 2 is 2.00 bits per heavy atom. The quantitative estimate of drug-likeness (QED) is 0.624. The third kappa shape index (κ3) is 4.02. The number of phenols is 1. The SMILES string of the molecule is C[C@H](NC(=O)CNC(=O)O)c1ccccc1O. The highest BCUT2D eigenvalue weighted by molar-refractivity contribution is 5.82. The van der Waals surface area contributed by atoms with E-state index in [0.717, 1.165) is 0 Å². The number of aromatic hydroxyl groups is 1. The van der Waals surface area contributed by atoms with Crippen molar-refractivity contribution in [2.45, 2.75) is 13.0 Å². The van der Waals surface area contributed by atoms with Gasteiger partial charge in [0.25, 0.3) is 0 Å². The van der Waals surface area contributed by atoms with Crippen molar-refractivity contribution in [3.63, 3.8) is 0 Å². The fourth-order valence-electron chi connectivity index (χ4n) is 1.38. The summed E-state index contributed by atoms with van der Waals surface area (Å²) in [6, 6.07) is 6.24. The molecule has 1 atom stereocenters. The van der Waals surface area contributed by atoms with Crippen molar-refractivity contribution in [2.75, 3.05) is 6.54 Å². The second-order valence-electron chi connectivity index (χ2n) is 3.51. The molecule has 0 aliphatic heterocycles. The van der Waals surface area contributed by atoms with Crippen LogP contribution < -0.4 is 10.6 Å². The highest BCUT2D eigenvalue weighted by Gasteiger charge is 2.12. The van der Waals surface area contributed by atoms with Crippen LogP contribution in [0.1, 0.15) is 18.5 Å². The summed E-state index contributed by atoms with van der Waals surface area (Å²) in [4.78, 5) is 21.5. The summed E-state index contributed by atoms with van der Waals surface area (Å²) in [7, 11) is 0. The number of rotatable bonds is 4. The molecule has 0 bridgehead atoms. The maximum atomic E-state index is 11.3. The van der Waals surface area contributed by atoms with Crippen LogP contribution in [0.2, 0.25) is 0 Å². The van der Waals surface area contributed by atoms with E-state index in [1.165, 1.54) is 6.07 Å². The number of hydrogen-bond acceptors (Lipinski definition) is 3. The zero-order valence-corrected chi connectivity index (χ0v) is 9.30. The lowest BCUT2D eigenvalue weighted by atomic mass is 10.1. The van der Waals surface area contributed by atoms with Crippen molar-refractivity contribution in [3.8, 4) is 5.75 Å². The molecule has 92 valence electrons. The molecule has 0 heterocycles. The summed E-state index contributed by atoms with van der Waals surface area (Å²) in [6.45, 7) is 1.39. The van der Waals surface area contributed by atoms with E-state index in [1.54, 1.807) is 25.1 Å². The molecule has 17 heavy (non-hydrogen) atoms. The first-order valence-corrected chi connectivity index (χ1v) is 5.04. The van der Waals surface area contributed by atoms with Crippen LogP contribution in [-0.4, -0.2) is 28.8 Å². The lowest BCUT2D eigenvalue weighted by Crippen LogP contribution is -2.37. The van der Waals surface area contributed by atoms with Crippen LogP contribution in [0.15, 0.2) is 24.3 Å². The van der Waals surface area contributed by atoms with Crippen LogP contribution in [0.3, 0.4) is 0 Å². The largest absolute Gasteiger partial charge is 0.508 e. The molecule has 0 fully saturated rings. The summed E-state index contributed by atoms with van der Waals surface area (Å²) < 4.78 is 0. The fourth-order valence-corrected chi connectivity index (χ4v) is 1.38. The third-order valence-corrected chi connectivity index (χ3v) is 2.18. The van der Waals surface area contributed by atoms with Crippen LogP contribution in [0.4, 0.5) is 4.79 Å². The van der Waals surface area contributed by atoms with Gasteiger partial charge in [-0.2, -0.15) is 0 Å². The minimum atomic E-state index is -1.25. The molecule has 2 amide bonds. The maximum absolute atomic E-state index is 11.3. The Balaban J connectivity index is 2.55. The first-order chi connectivity index (χ1) is 8.00. The molecular formula is C11H14N2O4. The molecule has 0 saturated carbocycles. The molecule has 0 unspecified atom stereocenters. The normalized spacial score (nSPS) is 11.6. The average Bonchev–Trinajstić information content (AvgIpc) is 2.26. The van der Waals surface area contributed by atoms with Crippen molar-refractivity contribution in [1.29, 1.82) is 0 Å². The summed E-state index contributed by atoms with van der Waals surface area (Å²) >= 11 is 0. The number of nitrogens with one attached hydrogen (secondary N) is 2. The molecule has 4 N–H and O–H groups in total. The van der Waals surface area contributed by atoms with Gasteiger partial charge in [-0.25, -0.2) is 4.79 Å². The van der Waals surface area contributed by atoms with Crippen LogP contribution in [0.5, 0.6) is 5.75 Å². The lowest BCUT2D eigenvalue weighted by Gasteiger charge is -2.15. The molecule has 0 aliphatic rings. The van der Waals surface area contributed by atoms with E-state index in [1.807, 2.05) is 5.32 Å². The number of carboxylic acid groups (broad SMARTS) is 1. The van der Waals surface area contributed by atoms with Crippen molar-refractivity contribution >= 4 is 12.0 Å². The Morgan fingerprint density at radius 1 is 1.35 bits per heavy atom. The summed E-state index contributed by atoms with van der Waals surface area (Å²) in [5.74, 6) is -0.366. The van der Waals surface area contributed by atoms with E-state index >= 15 is 0 Å². The highest BCUT2D eigenvalue weighted by atomic mass is 16.4. The van der Waals surface area contributed by atoms with E-state index in [2.05, 4.69) is 5.32 Å². The molecule has 0 aromatic heterocycles. The number of hydrogen-bond donors (Lipinski definition) is 4. The molecule has 1 aromatic rings. The number of carbonyl (C=O) groups excluding carboxylic acids is 1. The highest BCUT2D eigenvalue weighted by Crippen LogP contribution is 2.22. The van der Waals surface area contributed by atoms with Gasteiger partial charge in [0.15, 0.2) is 0 Å². The number of benzene rings is 1. The Kier molecular flexibility index (Phi) is 4.33. The first kappa shape index (κ1) is 12.8. The molecular weight excluding hydrogens is 224 g/mol. The average molecular weight is 238 g/mol. The Hall–Kier alpha value is -2.24. The molecule has 6 nitrogen and oxygen atoms in total. The van der Waals surface area contributed by atoms with Gasteiger partial charge in [0.2, 0.25) is 5.91 Å². The Bertz CT molecular complexity index is 420. The molecule has 0 saturated heterocycles. The van der Waals surface area contributed by atoms with E-state index in [-0.39, 0.29) is 18.3 Å². The molecule has 0 radical (unpaired) electrons. The molecule has 6 heteroatoms. The van der Waals surface area contributed by atoms with E-state index in [4.69, 9.17) is 5.11 Å².